The number of aromatic nitrogens is 2. The summed E-state index contributed by atoms with van der Waals surface area (Å²) in [6, 6.07) is 6.11. The van der Waals surface area contributed by atoms with Gasteiger partial charge in [-0.05, 0) is 50.0 Å². The summed E-state index contributed by atoms with van der Waals surface area (Å²) >= 11 is 1.67. The van der Waals surface area contributed by atoms with E-state index in [-0.39, 0.29) is 0 Å². The number of piperidine rings is 2. The van der Waals surface area contributed by atoms with E-state index in [0.29, 0.717) is 0 Å². The van der Waals surface area contributed by atoms with Gasteiger partial charge in [0.1, 0.15) is 5.82 Å². The Morgan fingerprint density at radius 2 is 1.69 bits per heavy atom. The van der Waals surface area contributed by atoms with Gasteiger partial charge in [-0.15, -0.1) is 11.3 Å². The van der Waals surface area contributed by atoms with Crippen molar-refractivity contribution in [2.45, 2.75) is 38.5 Å². The van der Waals surface area contributed by atoms with E-state index in [4.69, 9.17) is 9.97 Å². The van der Waals surface area contributed by atoms with Crippen molar-refractivity contribution in [3.63, 3.8) is 0 Å². The summed E-state index contributed by atoms with van der Waals surface area (Å²) in [4.78, 5) is 15.4. The Bertz CT molecular complexity index is 681. The second-order valence-electron chi connectivity index (χ2n) is 6.89. The first-order chi connectivity index (χ1) is 12.9. The van der Waals surface area contributed by atoms with Crippen LogP contribution in [0.4, 0.5) is 17.6 Å². The highest BCUT2D eigenvalue weighted by Crippen LogP contribution is 2.25. The molecule has 4 rings (SSSR count). The van der Waals surface area contributed by atoms with Gasteiger partial charge >= 0.3 is 0 Å². The molecule has 2 saturated heterocycles. The van der Waals surface area contributed by atoms with Crippen LogP contribution in [0.25, 0.3) is 0 Å². The van der Waals surface area contributed by atoms with Gasteiger partial charge < -0.3 is 9.80 Å². The SMILES string of the molecule is C(=NNc1cc(N2CCCCC2)nc(N2CCCCC2)n1)c1cccs1. The average molecular weight is 371 g/mol. The summed E-state index contributed by atoms with van der Waals surface area (Å²) in [5.74, 6) is 2.63. The molecule has 4 heterocycles. The monoisotopic (exact) mass is 370 g/mol. The fourth-order valence-corrected chi connectivity index (χ4v) is 4.11. The number of anilines is 3. The van der Waals surface area contributed by atoms with E-state index < -0.39 is 0 Å². The molecule has 26 heavy (non-hydrogen) atoms. The normalized spacial score (nSPS) is 18.5. The maximum atomic E-state index is 4.89. The van der Waals surface area contributed by atoms with Crippen LogP contribution >= 0.6 is 11.3 Å². The molecule has 2 aliphatic heterocycles. The predicted octanol–water partition coefficient (Wildman–Crippen LogP) is 3.96. The fourth-order valence-electron chi connectivity index (χ4n) is 3.53. The molecule has 2 fully saturated rings. The van der Waals surface area contributed by atoms with Crippen LogP contribution in [0, 0.1) is 0 Å². The standard InChI is InChI=1S/C19H26N6S/c1-3-9-24(10-4-1)18-14-17(23-20-15-16-8-7-13-26-16)21-19(22-18)25-11-5-2-6-12-25/h7-8,13-15H,1-6,9-12H2,(H,21,22,23). The number of thiophene rings is 1. The number of hydrazone groups is 1. The second-order valence-corrected chi connectivity index (χ2v) is 7.87. The van der Waals surface area contributed by atoms with E-state index in [1.807, 2.05) is 24.4 Å². The summed E-state index contributed by atoms with van der Waals surface area (Å²) in [5.41, 5.74) is 3.11. The minimum Gasteiger partial charge on any atom is -0.356 e. The second kappa shape index (κ2) is 8.49. The van der Waals surface area contributed by atoms with Gasteiger partial charge in [-0.3, -0.25) is 5.43 Å². The van der Waals surface area contributed by atoms with Gasteiger partial charge in [0.05, 0.1) is 6.21 Å². The molecule has 0 bridgehead atoms. The quantitative estimate of drug-likeness (QED) is 0.638. The molecule has 0 atom stereocenters. The Morgan fingerprint density at radius 1 is 0.962 bits per heavy atom. The molecule has 0 amide bonds. The van der Waals surface area contributed by atoms with E-state index in [1.165, 1.54) is 38.5 Å². The van der Waals surface area contributed by atoms with Crippen molar-refractivity contribution in [1.82, 2.24) is 9.97 Å². The van der Waals surface area contributed by atoms with Crippen molar-refractivity contribution in [1.29, 1.82) is 0 Å². The molecular weight excluding hydrogens is 344 g/mol. The summed E-state index contributed by atoms with van der Waals surface area (Å²) in [6.07, 6.45) is 9.38. The zero-order valence-corrected chi connectivity index (χ0v) is 15.9. The van der Waals surface area contributed by atoms with Crippen molar-refractivity contribution >= 4 is 35.1 Å². The Morgan fingerprint density at radius 3 is 2.38 bits per heavy atom. The third-order valence-corrected chi connectivity index (χ3v) is 5.74. The highest BCUT2D eigenvalue weighted by molar-refractivity contribution is 7.11. The molecule has 0 aromatic carbocycles. The lowest BCUT2D eigenvalue weighted by Crippen LogP contribution is -2.33. The Kier molecular flexibility index (Phi) is 5.64. The van der Waals surface area contributed by atoms with Crippen molar-refractivity contribution in [3.05, 3.63) is 28.5 Å². The first-order valence-electron chi connectivity index (χ1n) is 9.60. The van der Waals surface area contributed by atoms with Crippen molar-refractivity contribution in [3.8, 4) is 0 Å². The van der Waals surface area contributed by atoms with Gasteiger partial charge in [-0.1, -0.05) is 6.07 Å². The van der Waals surface area contributed by atoms with Crippen LogP contribution in [0.1, 0.15) is 43.4 Å². The number of hydrogen-bond donors (Lipinski definition) is 1. The largest absolute Gasteiger partial charge is 0.356 e. The summed E-state index contributed by atoms with van der Waals surface area (Å²) in [6.45, 7) is 4.24. The third-order valence-electron chi connectivity index (χ3n) is 4.93. The van der Waals surface area contributed by atoms with Crippen LogP contribution in [0.5, 0.6) is 0 Å². The molecular formula is C19H26N6S. The maximum absolute atomic E-state index is 4.89. The number of rotatable bonds is 5. The van der Waals surface area contributed by atoms with Crippen LogP contribution in [-0.4, -0.2) is 42.4 Å². The van der Waals surface area contributed by atoms with Crippen LogP contribution in [0.15, 0.2) is 28.7 Å². The maximum Gasteiger partial charge on any atom is 0.229 e. The molecule has 0 radical (unpaired) electrons. The Labute approximate surface area is 159 Å². The molecule has 0 aliphatic carbocycles. The summed E-state index contributed by atoms with van der Waals surface area (Å²) < 4.78 is 0. The van der Waals surface area contributed by atoms with E-state index in [0.717, 1.165) is 48.6 Å². The predicted molar refractivity (Wildman–Crippen MR) is 110 cm³/mol. The van der Waals surface area contributed by atoms with Crippen LogP contribution < -0.4 is 15.2 Å². The number of hydrogen-bond acceptors (Lipinski definition) is 7. The first-order valence-corrected chi connectivity index (χ1v) is 10.5. The highest BCUT2D eigenvalue weighted by atomic mass is 32.1. The first kappa shape index (κ1) is 17.3. The molecule has 1 N–H and O–H groups in total. The Balaban J connectivity index is 1.56. The van der Waals surface area contributed by atoms with E-state index in [9.17, 15) is 0 Å². The average Bonchev–Trinajstić information content (AvgIpc) is 3.23. The minimum atomic E-state index is 0.772. The summed E-state index contributed by atoms with van der Waals surface area (Å²) in [5, 5.41) is 6.42. The lowest BCUT2D eigenvalue weighted by atomic mass is 10.1. The lowest BCUT2D eigenvalue weighted by molar-refractivity contribution is 0.561. The van der Waals surface area contributed by atoms with E-state index >= 15 is 0 Å². The molecule has 2 aliphatic rings. The van der Waals surface area contributed by atoms with Gasteiger partial charge in [0.15, 0.2) is 5.82 Å². The third kappa shape index (κ3) is 4.33. The molecule has 2 aromatic heterocycles. The lowest BCUT2D eigenvalue weighted by Gasteiger charge is -2.31. The highest BCUT2D eigenvalue weighted by Gasteiger charge is 2.19. The van der Waals surface area contributed by atoms with Gasteiger partial charge in [-0.25, -0.2) is 0 Å². The van der Waals surface area contributed by atoms with Crippen molar-refractivity contribution in [2.75, 3.05) is 41.4 Å². The smallest absolute Gasteiger partial charge is 0.229 e. The topological polar surface area (TPSA) is 56.7 Å². The summed E-state index contributed by atoms with van der Waals surface area (Å²) in [7, 11) is 0. The van der Waals surface area contributed by atoms with Crippen LogP contribution in [-0.2, 0) is 0 Å². The molecule has 7 heteroatoms. The van der Waals surface area contributed by atoms with E-state index in [1.54, 1.807) is 11.3 Å². The Hall–Kier alpha value is -2.15. The number of nitrogens with one attached hydrogen (secondary N) is 1. The molecule has 0 unspecified atom stereocenters. The molecule has 2 aromatic rings. The minimum absolute atomic E-state index is 0.772. The van der Waals surface area contributed by atoms with Crippen molar-refractivity contribution < 1.29 is 0 Å². The van der Waals surface area contributed by atoms with Crippen LogP contribution in [0.3, 0.4) is 0 Å². The zero-order valence-electron chi connectivity index (χ0n) is 15.1. The molecule has 138 valence electrons. The number of nitrogens with zero attached hydrogens (tertiary/aromatic N) is 5. The van der Waals surface area contributed by atoms with Gasteiger partial charge in [0, 0.05) is 37.1 Å². The zero-order chi connectivity index (χ0) is 17.6. The van der Waals surface area contributed by atoms with Gasteiger partial charge in [-0.2, -0.15) is 15.1 Å². The fraction of sp³-hybridized carbons (Fsp3) is 0.526. The van der Waals surface area contributed by atoms with E-state index in [2.05, 4.69) is 25.7 Å². The molecule has 0 spiro atoms. The molecule has 6 nitrogen and oxygen atoms in total. The van der Waals surface area contributed by atoms with Gasteiger partial charge in [0.25, 0.3) is 0 Å². The van der Waals surface area contributed by atoms with Crippen LogP contribution in [0.2, 0.25) is 0 Å². The van der Waals surface area contributed by atoms with Crippen molar-refractivity contribution in [2.24, 2.45) is 5.10 Å². The van der Waals surface area contributed by atoms with Gasteiger partial charge in [0.2, 0.25) is 5.95 Å². The molecule has 0 saturated carbocycles.